The first-order chi connectivity index (χ1) is 13.1. The number of aromatic nitrogens is 1. The number of furan rings is 1. The molecule has 27 heavy (non-hydrogen) atoms. The van der Waals surface area contributed by atoms with Gasteiger partial charge in [-0.1, -0.05) is 23.7 Å². The normalized spacial score (nSPS) is 24.1. The molecule has 136 valence electrons. The van der Waals surface area contributed by atoms with E-state index in [0.29, 0.717) is 23.7 Å². The summed E-state index contributed by atoms with van der Waals surface area (Å²) in [6.45, 7) is 1.00. The summed E-state index contributed by atoms with van der Waals surface area (Å²) in [4.78, 5) is 21.3. The van der Waals surface area contributed by atoms with E-state index in [1.54, 1.807) is 41.6 Å². The van der Waals surface area contributed by atoms with Gasteiger partial charge in [-0.2, -0.15) is 0 Å². The van der Waals surface area contributed by atoms with Gasteiger partial charge < -0.3 is 14.4 Å². The number of fused-ring (bicyclic) bond motifs is 3. The molecule has 0 aliphatic carbocycles. The summed E-state index contributed by atoms with van der Waals surface area (Å²) in [5.41, 5.74) is 1.94. The molecule has 3 aromatic rings. The topological polar surface area (TPSA) is 69.8 Å². The second kappa shape index (κ2) is 5.92. The van der Waals surface area contributed by atoms with E-state index in [1.807, 2.05) is 17.0 Å². The van der Waals surface area contributed by atoms with Gasteiger partial charge in [-0.25, -0.2) is 4.90 Å². The zero-order valence-corrected chi connectivity index (χ0v) is 15.0. The average molecular weight is 382 g/mol. The van der Waals surface area contributed by atoms with E-state index in [2.05, 4.69) is 4.98 Å². The number of rotatable bonds is 2. The molecule has 0 radical (unpaired) electrons. The Morgan fingerprint density at radius 1 is 1.22 bits per heavy atom. The number of carbonyl (C=O) groups is 1. The molecule has 2 atom stereocenters. The average Bonchev–Trinajstić information content (AvgIpc) is 3.40. The highest BCUT2D eigenvalue weighted by molar-refractivity contribution is 6.30. The van der Waals surface area contributed by atoms with Gasteiger partial charge in [0.15, 0.2) is 5.66 Å². The molecule has 0 spiro atoms. The fraction of sp³-hybridized carbons (Fsp3) is 0.200. The van der Waals surface area contributed by atoms with Gasteiger partial charge in [0.1, 0.15) is 12.5 Å². The number of aliphatic hydroxyl groups is 1. The van der Waals surface area contributed by atoms with Gasteiger partial charge in [0.25, 0.3) is 5.91 Å². The zero-order chi connectivity index (χ0) is 18.6. The molecule has 0 bridgehead atoms. The van der Waals surface area contributed by atoms with Crippen LogP contribution >= 0.6 is 11.6 Å². The van der Waals surface area contributed by atoms with Crippen molar-refractivity contribution in [1.29, 1.82) is 0 Å². The van der Waals surface area contributed by atoms with E-state index < -0.39 is 11.9 Å². The summed E-state index contributed by atoms with van der Waals surface area (Å²) in [6, 6.07) is 10.8. The van der Waals surface area contributed by atoms with E-state index in [9.17, 15) is 9.90 Å². The van der Waals surface area contributed by atoms with E-state index in [1.165, 1.54) is 12.5 Å². The van der Waals surface area contributed by atoms with Crippen molar-refractivity contribution in [2.75, 3.05) is 13.1 Å². The highest BCUT2D eigenvalue weighted by Gasteiger charge is 2.60. The predicted octanol–water partition coefficient (Wildman–Crippen LogP) is 2.99. The Morgan fingerprint density at radius 2 is 2.04 bits per heavy atom. The predicted molar refractivity (Wildman–Crippen MR) is 97.9 cm³/mol. The number of amides is 1. The van der Waals surface area contributed by atoms with Gasteiger partial charge in [-0.15, -0.1) is 0 Å². The molecule has 5 rings (SSSR count). The van der Waals surface area contributed by atoms with E-state index >= 15 is 0 Å². The minimum atomic E-state index is -0.943. The van der Waals surface area contributed by atoms with Crippen molar-refractivity contribution in [2.24, 2.45) is 0 Å². The molecule has 7 heteroatoms. The first-order valence-electron chi connectivity index (χ1n) is 8.63. The summed E-state index contributed by atoms with van der Waals surface area (Å²) in [5.74, 6) is -0.162. The minimum Gasteiger partial charge on any atom is -0.472 e. The lowest BCUT2D eigenvalue weighted by molar-refractivity contribution is -0.0436. The second-order valence-corrected chi connectivity index (χ2v) is 7.11. The third-order valence-electron chi connectivity index (χ3n) is 5.43. The van der Waals surface area contributed by atoms with Gasteiger partial charge in [-0.05, 0) is 29.8 Å². The highest BCUT2D eigenvalue weighted by Crippen LogP contribution is 2.53. The van der Waals surface area contributed by atoms with E-state index in [4.69, 9.17) is 16.0 Å². The Morgan fingerprint density at radius 3 is 2.78 bits per heavy atom. The molecule has 1 amide bonds. The number of benzene rings is 1. The number of hydrogen-bond acceptors (Lipinski definition) is 5. The smallest absolute Gasteiger partial charge is 0.259 e. The van der Waals surface area contributed by atoms with Gasteiger partial charge in [-0.3, -0.25) is 9.78 Å². The molecule has 4 heterocycles. The Balaban J connectivity index is 1.76. The number of aliphatic hydroxyl groups excluding tert-OH is 1. The monoisotopic (exact) mass is 381 g/mol. The number of nitrogens with zero attached hydrogens (tertiary/aromatic N) is 3. The molecule has 2 unspecified atom stereocenters. The van der Waals surface area contributed by atoms with Crippen LogP contribution < -0.4 is 0 Å². The van der Waals surface area contributed by atoms with Gasteiger partial charge in [0.05, 0.1) is 11.8 Å². The van der Waals surface area contributed by atoms with Gasteiger partial charge in [0, 0.05) is 41.6 Å². The first-order valence-corrected chi connectivity index (χ1v) is 9.01. The molecule has 1 N–H and O–H groups in total. The van der Waals surface area contributed by atoms with Crippen LogP contribution in [0.3, 0.4) is 0 Å². The maximum absolute atomic E-state index is 13.3. The lowest BCUT2D eigenvalue weighted by Crippen LogP contribution is -2.51. The number of pyridine rings is 1. The molecule has 2 aliphatic rings. The summed E-state index contributed by atoms with van der Waals surface area (Å²) in [5, 5.41) is 11.6. The number of hydrogen-bond donors (Lipinski definition) is 1. The highest BCUT2D eigenvalue weighted by atomic mass is 35.5. The molecule has 1 fully saturated rings. The number of carbonyl (C=O) groups excluding carboxylic acids is 1. The van der Waals surface area contributed by atoms with Crippen LogP contribution in [0.1, 0.15) is 33.3 Å². The summed E-state index contributed by atoms with van der Waals surface area (Å²) in [6.07, 6.45) is 5.49. The minimum absolute atomic E-state index is 0.162. The number of halogens is 1. The molecule has 6 nitrogen and oxygen atoms in total. The fourth-order valence-electron chi connectivity index (χ4n) is 4.33. The molecule has 0 saturated carbocycles. The Bertz CT molecular complexity index is 1010. The van der Waals surface area contributed by atoms with Crippen LogP contribution in [0.2, 0.25) is 5.02 Å². The maximum Gasteiger partial charge on any atom is 0.259 e. The molecule has 2 aliphatic heterocycles. The van der Waals surface area contributed by atoms with Crippen LogP contribution in [0.25, 0.3) is 0 Å². The maximum atomic E-state index is 13.3. The first kappa shape index (κ1) is 16.5. The van der Waals surface area contributed by atoms with Crippen molar-refractivity contribution >= 4 is 17.5 Å². The fourth-order valence-corrected chi connectivity index (χ4v) is 4.45. The Hall–Kier alpha value is -2.67. The summed E-state index contributed by atoms with van der Waals surface area (Å²) < 4.78 is 5.11. The lowest BCUT2D eigenvalue weighted by Gasteiger charge is -2.41. The van der Waals surface area contributed by atoms with Gasteiger partial charge in [0.2, 0.25) is 0 Å². The molecule has 1 saturated heterocycles. The van der Waals surface area contributed by atoms with Gasteiger partial charge >= 0.3 is 0 Å². The van der Waals surface area contributed by atoms with Crippen molar-refractivity contribution in [3.63, 3.8) is 0 Å². The van der Waals surface area contributed by atoms with E-state index in [-0.39, 0.29) is 5.91 Å². The lowest BCUT2D eigenvalue weighted by atomic mass is 9.90. The van der Waals surface area contributed by atoms with Crippen molar-refractivity contribution in [2.45, 2.75) is 11.9 Å². The summed E-state index contributed by atoms with van der Waals surface area (Å²) in [7, 11) is 0. The van der Waals surface area contributed by atoms with Crippen LogP contribution in [-0.4, -0.2) is 38.9 Å². The zero-order valence-electron chi connectivity index (χ0n) is 14.2. The SMILES string of the molecule is O=C(c1ccoc1)N1CCN2C(O)c3ccncc3C12c1ccc(Cl)cc1. The standard InChI is InChI=1S/C20H16ClN3O3/c21-15-3-1-14(2-4-15)20-17-11-22-7-5-16(17)19(26)24(20)9-8-23(20)18(25)13-6-10-27-12-13/h1-7,10-12,19,26H,8-9H2. The molecular formula is C20H16ClN3O3. The van der Waals surface area contributed by atoms with Crippen LogP contribution in [0.4, 0.5) is 0 Å². The summed E-state index contributed by atoms with van der Waals surface area (Å²) >= 11 is 6.10. The third kappa shape index (κ3) is 2.15. The molecule has 2 aromatic heterocycles. The Kier molecular flexibility index (Phi) is 3.62. The molecule has 1 aromatic carbocycles. The Labute approximate surface area is 160 Å². The van der Waals surface area contributed by atoms with Crippen LogP contribution in [-0.2, 0) is 5.66 Å². The van der Waals surface area contributed by atoms with Crippen molar-refractivity contribution < 1.29 is 14.3 Å². The van der Waals surface area contributed by atoms with Crippen LogP contribution in [0.15, 0.2) is 65.7 Å². The van der Waals surface area contributed by atoms with Crippen molar-refractivity contribution in [1.82, 2.24) is 14.8 Å². The van der Waals surface area contributed by atoms with Crippen LogP contribution in [0.5, 0.6) is 0 Å². The largest absolute Gasteiger partial charge is 0.472 e. The quantitative estimate of drug-likeness (QED) is 0.739. The second-order valence-electron chi connectivity index (χ2n) is 6.68. The molecular weight excluding hydrogens is 366 g/mol. The van der Waals surface area contributed by atoms with Crippen LogP contribution in [0, 0.1) is 0 Å². The third-order valence-corrected chi connectivity index (χ3v) is 5.69. The van der Waals surface area contributed by atoms with E-state index in [0.717, 1.165) is 16.7 Å². The van der Waals surface area contributed by atoms with Crippen molar-refractivity contribution in [3.8, 4) is 0 Å². The van der Waals surface area contributed by atoms with Crippen molar-refractivity contribution in [3.05, 3.63) is 88.6 Å².